The van der Waals surface area contributed by atoms with Crippen molar-refractivity contribution >= 4 is 45.9 Å². The van der Waals surface area contributed by atoms with Gasteiger partial charge >= 0.3 is 6.03 Å². The number of nitrogens with one attached hydrogen (secondary N) is 2. The minimum Gasteiger partial charge on any atom is -0.497 e. The molecular formula is C23H20ClN3O4. The van der Waals surface area contributed by atoms with Gasteiger partial charge in [-0.25, -0.2) is 4.79 Å². The lowest BCUT2D eigenvalue weighted by molar-refractivity contribution is -0.133. The number of methoxy groups -OCH3 is 1. The molecule has 1 saturated heterocycles. The van der Waals surface area contributed by atoms with Crippen LogP contribution in [-0.2, 0) is 15.1 Å². The Labute approximate surface area is 183 Å². The number of benzene rings is 3. The molecule has 2 N–H and O–H groups in total. The summed E-state index contributed by atoms with van der Waals surface area (Å²) >= 11 is 5.92. The van der Waals surface area contributed by atoms with Gasteiger partial charge in [0.25, 0.3) is 5.91 Å². The van der Waals surface area contributed by atoms with Crippen molar-refractivity contribution in [3.8, 4) is 5.75 Å². The molecule has 0 aliphatic carbocycles. The molecule has 3 aromatic rings. The van der Waals surface area contributed by atoms with Gasteiger partial charge in [-0.2, -0.15) is 0 Å². The maximum Gasteiger partial charge on any atom is 0.325 e. The zero-order valence-electron chi connectivity index (χ0n) is 16.9. The van der Waals surface area contributed by atoms with E-state index in [2.05, 4.69) is 10.6 Å². The standard InChI is InChI=1S/C23H20ClN3O4/c1-23(16-8-6-15-11-19(31-2)9-7-14(15)10-16)21(29)27(22(30)26-23)13-20(28)25-18-5-3-4-17(24)12-18/h3-12H,13H2,1-2H3,(H,25,28)(H,26,30). The predicted molar refractivity (Wildman–Crippen MR) is 118 cm³/mol. The van der Waals surface area contributed by atoms with Gasteiger partial charge in [-0.05, 0) is 59.7 Å². The number of nitrogens with zero attached hydrogens (tertiary/aromatic N) is 1. The fraction of sp³-hybridized carbons (Fsp3) is 0.174. The van der Waals surface area contributed by atoms with Crippen molar-refractivity contribution < 1.29 is 19.1 Å². The molecule has 8 heteroatoms. The highest BCUT2D eigenvalue weighted by Crippen LogP contribution is 2.32. The summed E-state index contributed by atoms with van der Waals surface area (Å²) < 4.78 is 5.24. The number of carbonyl (C=O) groups excluding carboxylic acids is 3. The molecule has 1 aliphatic heterocycles. The Hall–Kier alpha value is -3.58. The van der Waals surface area contributed by atoms with Gasteiger partial charge in [-0.15, -0.1) is 0 Å². The average molecular weight is 438 g/mol. The molecule has 1 unspecified atom stereocenters. The van der Waals surface area contributed by atoms with E-state index in [1.165, 1.54) is 0 Å². The second-order valence-corrected chi connectivity index (χ2v) is 7.87. The van der Waals surface area contributed by atoms with Crippen LogP contribution in [0, 0.1) is 0 Å². The van der Waals surface area contributed by atoms with Crippen molar-refractivity contribution in [1.82, 2.24) is 10.2 Å². The summed E-state index contributed by atoms with van der Waals surface area (Å²) in [5.41, 5.74) is -0.166. The van der Waals surface area contributed by atoms with Crippen LogP contribution in [0.3, 0.4) is 0 Å². The molecule has 4 amide bonds. The quantitative estimate of drug-likeness (QED) is 0.592. The zero-order chi connectivity index (χ0) is 22.2. The Morgan fingerprint density at radius 2 is 1.84 bits per heavy atom. The molecule has 7 nitrogen and oxygen atoms in total. The maximum atomic E-state index is 13.1. The largest absolute Gasteiger partial charge is 0.497 e. The molecule has 31 heavy (non-hydrogen) atoms. The molecule has 3 aromatic carbocycles. The van der Waals surface area contributed by atoms with Crippen molar-refractivity contribution in [2.24, 2.45) is 0 Å². The average Bonchev–Trinajstić information content (AvgIpc) is 2.96. The molecule has 0 saturated carbocycles. The second kappa shape index (κ2) is 7.92. The van der Waals surface area contributed by atoms with Gasteiger partial charge in [-0.1, -0.05) is 35.9 Å². The molecule has 1 fully saturated rings. The molecule has 0 aromatic heterocycles. The van der Waals surface area contributed by atoms with Gasteiger partial charge in [0.15, 0.2) is 0 Å². The summed E-state index contributed by atoms with van der Waals surface area (Å²) in [7, 11) is 1.60. The first-order chi connectivity index (χ1) is 14.8. The van der Waals surface area contributed by atoms with Crippen LogP contribution < -0.4 is 15.4 Å². The van der Waals surface area contributed by atoms with Gasteiger partial charge in [0.05, 0.1) is 7.11 Å². The van der Waals surface area contributed by atoms with Crippen molar-refractivity contribution in [2.45, 2.75) is 12.5 Å². The fourth-order valence-electron chi connectivity index (χ4n) is 3.61. The van der Waals surface area contributed by atoms with Crippen LogP contribution in [0.5, 0.6) is 5.75 Å². The van der Waals surface area contributed by atoms with E-state index < -0.39 is 29.9 Å². The van der Waals surface area contributed by atoms with Gasteiger partial charge in [0.1, 0.15) is 17.8 Å². The molecular weight excluding hydrogens is 418 g/mol. The molecule has 1 heterocycles. The number of rotatable bonds is 5. The topological polar surface area (TPSA) is 87.7 Å². The van der Waals surface area contributed by atoms with E-state index in [1.807, 2.05) is 30.3 Å². The van der Waals surface area contributed by atoms with Gasteiger partial charge in [0.2, 0.25) is 5.91 Å². The molecule has 0 spiro atoms. The highest BCUT2D eigenvalue weighted by molar-refractivity contribution is 6.30. The second-order valence-electron chi connectivity index (χ2n) is 7.43. The van der Waals surface area contributed by atoms with Crippen molar-refractivity contribution in [1.29, 1.82) is 0 Å². The van der Waals surface area contributed by atoms with E-state index in [9.17, 15) is 14.4 Å². The van der Waals surface area contributed by atoms with Crippen LogP contribution in [0.15, 0.2) is 60.7 Å². The van der Waals surface area contributed by atoms with Gasteiger partial charge < -0.3 is 15.4 Å². The highest BCUT2D eigenvalue weighted by atomic mass is 35.5. The molecule has 0 radical (unpaired) electrons. The Morgan fingerprint density at radius 1 is 1.10 bits per heavy atom. The first-order valence-corrected chi connectivity index (χ1v) is 9.96. The summed E-state index contributed by atoms with van der Waals surface area (Å²) in [6.45, 7) is 1.23. The summed E-state index contributed by atoms with van der Waals surface area (Å²) in [6, 6.07) is 17.1. The van der Waals surface area contributed by atoms with E-state index in [1.54, 1.807) is 44.4 Å². The monoisotopic (exact) mass is 437 g/mol. The van der Waals surface area contributed by atoms with Crippen molar-refractivity contribution in [2.75, 3.05) is 19.0 Å². The molecule has 4 rings (SSSR count). The molecule has 1 atom stereocenters. The summed E-state index contributed by atoms with van der Waals surface area (Å²) in [5, 5.41) is 7.68. The summed E-state index contributed by atoms with van der Waals surface area (Å²) in [4.78, 5) is 39.0. The summed E-state index contributed by atoms with van der Waals surface area (Å²) in [6.07, 6.45) is 0. The minimum atomic E-state index is -1.28. The minimum absolute atomic E-state index is 0.405. The third-order valence-electron chi connectivity index (χ3n) is 5.31. The lowest BCUT2D eigenvalue weighted by Crippen LogP contribution is -2.42. The van der Waals surface area contributed by atoms with Crippen LogP contribution in [0.1, 0.15) is 12.5 Å². The number of hydrogen-bond acceptors (Lipinski definition) is 4. The van der Waals surface area contributed by atoms with Gasteiger partial charge in [0, 0.05) is 10.7 Å². The Kier molecular flexibility index (Phi) is 5.29. The number of fused-ring (bicyclic) bond motifs is 1. The van der Waals surface area contributed by atoms with Crippen molar-refractivity contribution in [3.63, 3.8) is 0 Å². The number of carbonyl (C=O) groups is 3. The Balaban J connectivity index is 1.55. The highest BCUT2D eigenvalue weighted by Gasteiger charge is 2.49. The number of hydrogen-bond donors (Lipinski definition) is 2. The van der Waals surface area contributed by atoms with E-state index in [0.29, 0.717) is 16.3 Å². The normalized spacial score (nSPS) is 18.2. The van der Waals surface area contributed by atoms with Gasteiger partial charge in [-0.3, -0.25) is 14.5 Å². The number of anilines is 1. The lowest BCUT2D eigenvalue weighted by atomic mass is 9.90. The van der Waals surface area contributed by atoms with E-state index in [0.717, 1.165) is 21.4 Å². The first-order valence-electron chi connectivity index (χ1n) is 9.58. The third-order valence-corrected chi connectivity index (χ3v) is 5.54. The molecule has 1 aliphatic rings. The number of urea groups is 1. The van der Waals surface area contributed by atoms with Crippen LogP contribution in [-0.4, -0.2) is 36.4 Å². The number of amides is 4. The van der Waals surface area contributed by atoms with Crippen LogP contribution in [0.2, 0.25) is 5.02 Å². The van der Waals surface area contributed by atoms with E-state index in [4.69, 9.17) is 16.3 Å². The smallest absolute Gasteiger partial charge is 0.325 e. The third kappa shape index (κ3) is 3.92. The van der Waals surface area contributed by atoms with E-state index in [-0.39, 0.29) is 0 Å². The zero-order valence-corrected chi connectivity index (χ0v) is 17.7. The lowest BCUT2D eigenvalue weighted by Gasteiger charge is -2.22. The Bertz CT molecular complexity index is 1210. The van der Waals surface area contributed by atoms with Crippen LogP contribution >= 0.6 is 11.6 Å². The van der Waals surface area contributed by atoms with Crippen molar-refractivity contribution in [3.05, 3.63) is 71.2 Å². The molecule has 0 bridgehead atoms. The Morgan fingerprint density at radius 3 is 2.58 bits per heavy atom. The van der Waals surface area contributed by atoms with E-state index >= 15 is 0 Å². The maximum absolute atomic E-state index is 13.1. The first kappa shape index (κ1) is 20.7. The number of imide groups is 1. The fourth-order valence-corrected chi connectivity index (χ4v) is 3.80. The van der Waals surface area contributed by atoms with Crippen LogP contribution in [0.25, 0.3) is 10.8 Å². The van der Waals surface area contributed by atoms with Crippen LogP contribution in [0.4, 0.5) is 10.5 Å². The SMILES string of the molecule is COc1ccc2cc(C3(C)NC(=O)N(CC(=O)Nc4cccc(Cl)c4)C3=O)ccc2c1. The predicted octanol–water partition coefficient (Wildman–Crippen LogP) is 3.91. The summed E-state index contributed by atoms with van der Waals surface area (Å²) in [5.74, 6) is -0.263. The molecule has 158 valence electrons. The number of ether oxygens (including phenoxy) is 1. The number of halogens is 1.